The van der Waals surface area contributed by atoms with Crippen LogP contribution >= 0.6 is 0 Å². The van der Waals surface area contributed by atoms with Crippen LogP contribution < -0.4 is 4.72 Å². The zero-order chi connectivity index (χ0) is 18.4. The van der Waals surface area contributed by atoms with Crippen molar-refractivity contribution in [2.75, 3.05) is 0 Å². The van der Waals surface area contributed by atoms with Crippen LogP contribution in [0, 0.1) is 21.4 Å². The van der Waals surface area contributed by atoms with Crippen LogP contribution in [0.3, 0.4) is 0 Å². The minimum Gasteiger partial charge on any atom is -0.268 e. The highest BCUT2D eigenvalue weighted by atomic mass is 32.2. The smallest absolute Gasteiger partial charge is 0.268 e. The van der Waals surface area contributed by atoms with Crippen molar-refractivity contribution in [1.82, 2.24) is 4.72 Å². The average molecular weight is 359 g/mol. The number of amides is 1. The molecule has 0 radical (unpaired) electrons. The van der Waals surface area contributed by atoms with Crippen molar-refractivity contribution in [3.63, 3.8) is 0 Å². The highest BCUT2D eigenvalue weighted by Gasteiger charge is 2.17. The van der Waals surface area contributed by atoms with Crippen molar-refractivity contribution < 1.29 is 18.1 Å². The van der Waals surface area contributed by atoms with Gasteiger partial charge in [0.05, 0.1) is 23.2 Å². The first-order valence-corrected chi connectivity index (χ1v) is 8.70. The predicted molar refractivity (Wildman–Crippen MR) is 88.9 cm³/mol. The standard InChI is InChI=1S/C16H13N3O5S/c17-9-8-12-2-1-3-14(10-12)16(20)18-25(23,24)11-13-4-6-15(7-5-13)19(21)22/h1-7,10H,8,11H2,(H,18,20). The first kappa shape index (κ1) is 18.1. The second kappa shape index (κ2) is 7.55. The molecular weight excluding hydrogens is 346 g/mol. The summed E-state index contributed by atoms with van der Waals surface area (Å²) in [5.41, 5.74) is 0.881. The topological polar surface area (TPSA) is 130 Å². The molecule has 0 saturated carbocycles. The molecule has 1 amide bonds. The van der Waals surface area contributed by atoms with Gasteiger partial charge in [-0.1, -0.05) is 24.3 Å². The summed E-state index contributed by atoms with van der Waals surface area (Å²) >= 11 is 0. The number of benzene rings is 2. The van der Waals surface area contributed by atoms with E-state index in [1.54, 1.807) is 12.1 Å². The molecule has 128 valence electrons. The molecule has 9 heteroatoms. The van der Waals surface area contributed by atoms with E-state index in [1.165, 1.54) is 36.4 Å². The quantitative estimate of drug-likeness (QED) is 0.619. The van der Waals surface area contributed by atoms with E-state index in [2.05, 4.69) is 0 Å². The van der Waals surface area contributed by atoms with E-state index in [0.717, 1.165) is 0 Å². The minimum absolute atomic E-state index is 0.108. The maximum atomic E-state index is 12.1. The average Bonchev–Trinajstić information content (AvgIpc) is 2.55. The number of nitro groups is 1. The van der Waals surface area contributed by atoms with Crippen molar-refractivity contribution >= 4 is 21.6 Å². The molecular formula is C16H13N3O5S. The molecule has 0 aliphatic rings. The lowest BCUT2D eigenvalue weighted by Gasteiger charge is -2.08. The van der Waals surface area contributed by atoms with Gasteiger partial charge >= 0.3 is 0 Å². The van der Waals surface area contributed by atoms with Gasteiger partial charge in [-0.05, 0) is 23.3 Å². The first-order valence-electron chi connectivity index (χ1n) is 7.05. The molecule has 0 heterocycles. The second-order valence-electron chi connectivity index (χ2n) is 5.15. The first-order chi connectivity index (χ1) is 11.8. The lowest BCUT2D eigenvalue weighted by molar-refractivity contribution is -0.384. The van der Waals surface area contributed by atoms with Gasteiger partial charge in [-0.15, -0.1) is 0 Å². The van der Waals surface area contributed by atoms with Gasteiger partial charge in [-0.3, -0.25) is 14.9 Å². The fraction of sp³-hybridized carbons (Fsp3) is 0.125. The Morgan fingerprint density at radius 3 is 2.44 bits per heavy atom. The normalized spacial score (nSPS) is 10.7. The Morgan fingerprint density at radius 2 is 1.84 bits per heavy atom. The van der Waals surface area contributed by atoms with Gasteiger partial charge in [0, 0.05) is 17.7 Å². The third kappa shape index (κ3) is 5.12. The number of hydrogen-bond donors (Lipinski definition) is 1. The fourth-order valence-corrected chi connectivity index (χ4v) is 3.19. The van der Waals surface area contributed by atoms with Gasteiger partial charge in [0.25, 0.3) is 11.6 Å². The molecule has 0 saturated heterocycles. The molecule has 0 atom stereocenters. The van der Waals surface area contributed by atoms with Gasteiger partial charge in [0.1, 0.15) is 0 Å². The third-order valence-corrected chi connectivity index (χ3v) is 4.43. The Labute approximate surface area is 143 Å². The van der Waals surface area contributed by atoms with Gasteiger partial charge in [0.2, 0.25) is 10.0 Å². The molecule has 0 fully saturated rings. The lowest BCUT2D eigenvalue weighted by atomic mass is 10.1. The second-order valence-corrected chi connectivity index (χ2v) is 6.87. The van der Waals surface area contributed by atoms with Crippen molar-refractivity contribution in [2.45, 2.75) is 12.2 Å². The molecule has 2 aromatic carbocycles. The fourth-order valence-electron chi connectivity index (χ4n) is 2.08. The van der Waals surface area contributed by atoms with E-state index >= 15 is 0 Å². The number of rotatable bonds is 6. The van der Waals surface area contributed by atoms with E-state index in [0.29, 0.717) is 11.1 Å². The Hall–Kier alpha value is -3.25. The highest BCUT2D eigenvalue weighted by molar-refractivity contribution is 7.89. The van der Waals surface area contributed by atoms with Gasteiger partial charge in [-0.25, -0.2) is 13.1 Å². The summed E-state index contributed by atoms with van der Waals surface area (Å²) in [7, 11) is -3.97. The van der Waals surface area contributed by atoms with Crippen LogP contribution in [0.4, 0.5) is 5.69 Å². The van der Waals surface area contributed by atoms with E-state index < -0.39 is 26.6 Å². The monoisotopic (exact) mass is 359 g/mol. The number of nitrogens with zero attached hydrogens (tertiary/aromatic N) is 2. The van der Waals surface area contributed by atoms with Crippen LogP contribution in [0.5, 0.6) is 0 Å². The largest absolute Gasteiger partial charge is 0.269 e. The molecule has 0 aliphatic carbocycles. The number of sulfonamides is 1. The summed E-state index contributed by atoms with van der Waals surface area (Å²) in [6.45, 7) is 0. The number of nitro benzene ring substituents is 1. The van der Waals surface area contributed by atoms with Crippen molar-refractivity contribution in [3.8, 4) is 6.07 Å². The molecule has 0 spiro atoms. The summed E-state index contributed by atoms with van der Waals surface area (Å²) in [5.74, 6) is -1.30. The Balaban J connectivity index is 2.10. The number of nitriles is 1. The Kier molecular flexibility index (Phi) is 5.46. The van der Waals surface area contributed by atoms with Crippen LogP contribution in [0.1, 0.15) is 21.5 Å². The molecule has 1 N–H and O–H groups in total. The van der Waals surface area contributed by atoms with Crippen molar-refractivity contribution in [1.29, 1.82) is 5.26 Å². The van der Waals surface area contributed by atoms with Gasteiger partial charge < -0.3 is 0 Å². The Morgan fingerprint density at radius 1 is 1.16 bits per heavy atom. The molecule has 2 rings (SSSR count). The number of carbonyl (C=O) groups is 1. The molecule has 8 nitrogen and oxygen atoms in total. The maximum absolute atomic E-state index is 12.1. The van der Waals surface area contributed by atoms with Crippen LogP contribution in [0.15, 0.2) is 48.5 Å². The summed E-state index contributed by atoms with van der Waals surface area (Å²) in [5, 5.41) is 19.2. The molecule has 0 aromatic heterocycles. The van der Waals surface area contributed by atoms with E-state index in [1.807, 2.05) is 10.8 Å². The number of nitrogens with one attached hydrogen (secondary N) is 1. The third-order valence-electron chi connectivity index (χ3n) is 3.22. The lowest BCUT2D eigenvalue weighted by Crippen LogP contribution is -2.31. The Bertz CT molecular complexity index is 946. The van der Waals surface area contributed by atoms with Crippen molar-refractivity contribution in [2.24, 2.45) is 0 Å². The zero-order valence-electron chi connectivity index (χ0n) is 12.9. The number of non-ortho nitro benzene ring substituents is 1. The number of hydrogen-bond acceptors (Lipinski definition) is 6. The molecule has 2 aromatic rings. The highest BCUT2D eigenvalue weighted by Crippen LogP contribution is 2.14. The van der Waals surface area contributed by atoms with Crippen LogP contribution in [-0.4, -0.2) is 19.2 Å². The molecule has 0 bridgehead atoms. The van der Waals surface area contributed by atoms with E-state index in [4.69, 9.17) is 5.26 Å². The van der Waals surface area contributed by atoms with Crippen LogP contribution in [0.2, 0.25) is 0 Å². The predicted octanol–water partition coefficient (Wildman–Crippen LogP) is 1.92. The molecule has 0 unspecified atom stereocenters. The van der Waals surface area contributed by atoms with Gasteiger partial charge in [0.15, 0.2) is 0 Å². The maximum Gasteiger partial charge on any atom is 0.269 e. The summed E-state index contributed by atoms with van der Waals surface area (Å²) < 4.78 is 26.1. The van der Waals surface area contributed by atoms with Crippen LogP contribution in [0.25, 0.3) is 0 Å². The summed E-state index contributed by atoms with van der Waals surface area (Å²) in [6.07, 6.45) is 0.108. The minimum atomic E-state index is -3.97. The van der Waals surface area contributed by atoms with Gasteiger partial charge in [-0.2, -0.15) is 5.26 Å². The summed E-state index contributed by atoms with van der Waals surface area (Å²) in [4.78, 5) is 22.1. The van der Waals surface area contributed by atoms with Crippen molar-refractivity contribution in [3.05, 3.63) is 75.3 Å². The van der Waals surface area contributed by atoms with Crippen LogP contribution in [-0.2, 0) is 22.2 Å². The van der Waals surface area contributed by atoms with E-state index in [-0.39, 0.29) is 17.7 Å². The SMILES string of the molecule is N#CCc1cccc(C(=O)NS(=O)(=O)Cc2ccc([N+](=O)[O-])cc2)c1. The van der Waals surface area contributed by atoms with E-state index in [9.17, 15) is 23.3 Å². The summed E-state index contributed by atoms with van der Waals surface area (Å²) in [6, 6.07) is 13.1. The molecule has 0 aliphatic heterocycles. The number of carbonyl (C=O) groups excluding carboxylic acids is 1. The molecule has 25 heavy (non-hydrogen) atoms. The zero-order valence-corrected chi connectivity index (χ0v) is 13.7.